The summed E-state index contributed by atoms with van der Waals surface area (Å²) in [7, 11) is -3.63. The zero-order chi connectivity index (χ0) is 24.6. The Morgan fingerprint density at radius 2 is 1.97 bits per heavy atom. The third kappa shape index (κ3) is 4.61. The molecule has 0 spiro atoms. The number of rotatable bonds is 4. The fraction of sp³-hybridized carbons (Fsp3) is 0.348. The van der Waals surface area contributed by atoms with Gasteiger partial charge in [0.05, 0.1) is 22.2 Å². The van der Waals surface area contributed by atoms with Crippen molar-refractivity contribution in [3.63, 3.8) is 0 Å². The number of H-pyrrole nitrogens is 1. The summed E-state index contributed by atoms with van der Waals surface area (Å²) in [6.45, 7) is 7.53. The molecule has 0 unspecified atom stereocenters. The van der Waals surface area contributed by atoms with E-state index in [2.05, 4.69) is 46.5 Å². The van der Waals surface area contributed by atoms with Crippen LogP contribution in [-0.2, 0) is 10.0 Å². The lowest BCUT2D eigenvalue weighted by molar-refractivity contribution is 0.297. The van der Waals surface area contributed by atoms with E-state index in [-0.39, 0.29) is 11.8 Å². The molecule has 4 aromatic rings. The van der Waals surface area contributed by atoms with Crippen LogP contribution >= 0.6 is 0 Å². The maximum Gasteiger partial charge on any atom is 0.256 e. The predicted molar refractivity (Wildman–Crippen MR) is 137 cm³/mol. The second-order valence-corrected chi connectivity index (χ2v) is 10.5. The molecule has 0 aliphatic carbocycles. The summed E-state index contributed by atoms with van der Waals surface area (Å²) < 4.78 is 29.1. The van der Waals surface area contributed by atoms with Gasteiger partial charge >= 0.3 is 0 Å². The van der Waals surface area contributed by atoms with Crippen molar-refractivity contribution in [1.29, 1.82) is 0 Å². The van der Waals surface area contributed by atoms with Gasteiger partial charge in [0.25, 0.3) is 10.0 Å². The van der Waals surface area contributed by atoms with Gasteiger partial charge in [0, 0.05) is 50.0 Å². The van der Waals surface area contributed by atoms with E-state index in [4.69, 9.17) is 0 Å². The van der Waals surface area contributed by atoms with E-state index in [1.807, 2.05) is 36.2 Å². The molecule has 12 heteroatoms. The highest BCUT2D eigenvalue weighted by Gasteiger charge is 2.29. The molecule has 1 atom stereocenters. The Labute approximate surface area is 203 Å². The van der Waals surface area contributed by atoms with E-state index in [0.717, 1.165) is 27.9 Å². The standard InChI is InChI=1S/C23H27N9O2S/c1-4-35(33,34)30-23(29-17-5-6-18-19(11-17)25-8-7-24-18)32-10-9-31(13-16(32)3)22-20-15(2)12-26-21(20)27-14-28-22/h5-8,11-12,14,16H,4,9-10,13H2,1-3H3,(H,29,30)(H,26,27,28)/t16-/m0/s1. The summed E-state index contributed by atoms with van der Waals surface area (Å²) >= 11 is 0. The molecule has 1 aliphatic heterocycles. The first-order valence-corrected chi connectivity index (χ1v) is 13.1. The molecule has 0 radical (unpaired) electrons. The number of hydrogen-bond acceptors (Lipinski definition) is 7. The molecule has 1 fully saturated rings. The quantitative estimate of drug-likeness (QED) is 0.325. The summed E-state index contributed by atoms with van der Waals surface area (Å²) in [4.78, 5) is 24.9. The van der Waals surface area contributed by atoms with E-state index >= 15 is 0 Å². The van der Waals surface area contributed by atoms with Gasteiger partial charge in [-0.2, -0.15) is 0 Å². The Bertz CT molecular complexity index is 1520. The van der Waals surface area contributed by atoms with E-state index in [9.17, 15) is 8.42 Å². The van der Waals surface area contributed by atoms with Crippen molar-refractivity contribution in [1.82, 2.24) is 29.8 Å². The molecule has 35 heavy (non-hydrogen) atoms. The SMILES string of the molecule is CCS(=O)(=O)N=C(Nc1ccc2nccnc2c1)N1CCN(c2ncnc3[nH]cc(C)c23)C[C@@H]1C. The molecule has 0 amide bonds. The van der Waals surface area contributed by atoms with Gasteiger partial charge < -0.3 is 20.1 Å². The Morgan fingerprint density at radius 1 is 1.17 bits per heavy atom. The van der Waals surface area contributed by atoms with Gasteiger partial charge in [-0.15, -0.1) is 4.40 Å². The van der Waals surface area contributed by atoms with Crippen LogP contribution in [0.1, 0.15) is 19.4 Å². The van der Waals surface area contributed by atoms with Crippen molar-refractivity contribution >= 4 is 49.6 Å². The number of aromatic nitrogens is 5. The number of sulfonamides is 1. The first-order valence-electron chi connectivity index (χ1n) is 11.5. The van der Waals surface area contributed by atoms with Gasteiger partial charge in [0.1, 0.15) is 17.8 Å². The van der Waals surface area contributed by atoms with E-state index in [1.54, 1.807) is 25.6 Å². The van der Waals surface area contributed by atoms with Crippen LogP contribution in [0.3, 0.4) is 0 Å². The number of piperazine rings is 1. The molecule has 2 N–H and O–H groups in total. The predicted octanol–water partition coefficient (Wildman–Crippen LogP) is 2.54. The van der Waals surface area contributed by atoms with Gasteiger partial charge in [0.2, 0.25) is 5.96 Å². The van der Waals surface area contributed by atoms with Crippen LogP contribution in [0.2, 0.25) is 0 Å². The molecule has 1 saturated heterocycles. The zero-order valence-electron chi connectivity index (χ0n) is 19.8. The van der Waals surface area contributed by atoms with Crippen molar-refractivity contribution in [3.8, 4) is 0 Å². The number of aryl methyl sites for hydroxylation is 1. The minimum Gasteiger partial charge on any atom is -0.352 e. The first kappa shape index (κ1) is 23.0. The molecule has 4 heterocycles. The molecule has 182 valence electrons. The summed E-state index contributed by atoms with van der Waals surface area (Å²) in [6, 6.07) is 5.49. The highest BCUT2D eigenvalue weighted by Crippen LogP contribution is 2.28. The molecule has 1 aliphatic rings. The van der Waals surface area contributed by atoms with Crippen LogP contribution in [-0.4, -0.2) is 75.6 Å². The number of anilines is 2. The van der Waals surface area contributed by atoms with Crippen molar-refractivity contribution in [2.75, 3.05) is 35.6 Å². The number of hydrogen-bond donors (Lipinski definition) is 2. The minimum absolute atomic E-state index is 0.0356. The second kappa shape index (κ2) is 9.10. The van der Waals surface area contributed by atoms with E-state index in [1.165, 1.54) is 0 Å². The van der Waals surface area contributed by atoms with Crippen LogP contribution < -0.4 is 10.2 Å². The Kier molecular flexibility index (Phi) is 5.97. The molecule has 5 rings (SSSR count). The molecule has 0 saturated carbocycles. The molecule has 0 bridgehead atoms. The average molecular weight is 494 g/mol. The summed E-state index contributed by atoms with van der Waals surface area (Å²) in [5.41, 5.74) is 4.06. The number of fused-ring (bicyclic) bond motifs is 2. The Morgan fingerprint density at radius 3 is 2.74 bits per heavy atom. The fourth-order valence-electron chi connectivity index (χ4n) is 4.32. The van der Waals surface area contributed by atoms with Crippen LogP contribution in [0.4, 0.5) is 11.5 Å². The maximum absolute atomic E-state index is 12.5. The summed E-state index contributed by atoms with van der Waals surface area (Å²) in [5, 5.41) is 4.24. The van der Waals surface area contributed by atoms with E-state index in [0.29, 0.717) is 36.8 Å². The number of benzene rings is 1. The van der Waals surface area contributed by atoms with Crippen molar-refractivity contribution < 1.29 is 8.42 Å². The third-order valence-corrected chi connectivity index (χ3v) is 7.34. The third-order valence-electron chi connectivity index (χ3n) is 6.16. The number of aromatic amines is 1. The minimum atomic E-state index is -3.63. The van der Waals surface area contributed by atoms with Crippen LogP contribution in [0.25, 0.3) is 22.1 Å². The molecule has 11 nitrogen and oxygen atoms in total. The lowest BCUT2D eigenvalue weighted by atomic mass is 10.1. The van der Waals surface area contributed by atoms with E-state index < -0.39 is 10.0 Å². The Hall–Kier alpha value is -3.80. The molecular formula is C23H27N9O2S. The van der Waals surface area contributed by atoms with Gasteiger partial charge in [-0.3, -0.25) is 9.97 Å². The molecule has 1 aromatic carbocycles. The largest absolute Gasteiger partial charge is 0.352 e. The molecular weight excluding hydrogens is 466 g/mol. The highest BCUT2D eigenvalue weighted by atomic mass is 32.2. The smallest absolute Gasteiger partial charge is 0.256 e. The van der Waals surface area contributed by atoms with Gasteiger partial charge in [-0.1, -0.05) is 0 Å². The zero-order valence-corrected chi connectivity index (χ0v) is 20.6. The topological polar surface area (TPSA) is 132 Å². The highest BCUT2D eigenvalue weighted by molar-refractivity contribution is 7.90. The second-order valence-electron chi connectivity index (χ2n) is 8.55. The van der Waals surface area contributed by atoms with Crippen LogP contribution in [0.15, 0.2) is 47.5 Å². The van der Waals surface area contributed by atoms with Crippen LogP contribution in [0.5, 0.6) is 0 Å². The monoisotopic (exact) mass is 493 g/mol. The normalized spacial score (nSPS) is 17.3. The van der Waals surface area contributed by atoms with Crippen molar-refractivity contribution in [2.45, 2.75) is 26.8 Å². The van der Waals surface area contributed by atoms with Crippen LogP contribution in [0, 0.1) is 6.92 Å². The Balaban J connectivity index is 1.44. The number of nitrogens with one attached hydrogen (secondary N) is 2. The van der Waals surface area contributed by atoms with Gasteiger partial charge in [-0.05, 0) is 44.5 Å². The maximum atomic E-state index is 12.5. The average Bonchev–Trinajstić information content (AvgIpc) is 3.24. The summed E-state index contributed by atoms with van der Waals surface area (Å²) in [6.07, 6.45) is 6.76. The lowest BCUT2D eigenvalue weighted by Crippen LogP contribution is -2.56. The number of nitrogens with zero attached hydrogens (tertiary/aromatic N) is 7. The fourth-order valence-corrected chi connectivity index (χ4v) is 4.86. The first-order chi connectivity index (χ1) is 16.8. The van der Waals surface area contributed by atoms with Gasteiger partial charge in [0.15, 0.2) is 0 Å². The van der Waals surface area contributed by atoms with Crippen molar-refractivity contribution in [2.24, 2.45) is 4.40 Å². The summed E-state index contributed by atoms with van der Waals surface area (Å²) in [5.74, 6) is 1.09. The number of guanidine groups is 1. The van der Waals surface area contributed by atoms with Gasteiger partial charge in [-0.25, -0.2) is 18.4 Å². The van der Waals surface area contributed by atoms with Crippen molar-refractivity contribution in [3.05, 3.63) is 48.7 Å². The lowest BCUT2D eigenvalue weighted by Gasteiger charge is -2.42. The molecule has 3 aromatic heterocycles.